The van der Waals surface area contributed by atoms with Crippen LogP contribution in [0.15, 0.2) is 18.2 Å². The van der Waals surface area contributed by atoms with Gasteiger partial charge in [-0.3, -0.25) is 0 Å². The molecule has 0 atom stereocenters. The number of hydrogen-bond donors (Lipinski definition) is 1. The molecule has 0 radical (unpaired) electrons. The van der Waals surface area contributed by atoms with E-state index in [1.165, 1.54) is 0 Å². The van der Waals surface area contributed by atoms with E-state index in [0.29, 0.717) is 10.0 Å². The lowest BCUT2D eigenvalue weighted by Crippen LogP contribution is -2.26. The van der Waals surface area contributed by atoms with E-state index in [1.54, 1.807) is 0 Å². The maximum atomic E-state index is 9.50. The molecule has 0 aliphatic heterocycles. The fraction of sp³-hybridized carbons (Fsp3) is 0.538. The first kappa shape index (κ1) is 13.8. The van der Waals surface area contributed by atoms with Crippen LogP contribution < -0.4 is 0 Å². The minimum Gasteiger partial charge on any atom is -0.396 e. The van der Waals surface area contributed by atoms with Crippen molar-refractivity contribution in [1.82, 2.24) is 0 Å². The summed E-state index contributed by atoms with van der Waals surface area (Å²) >= 11 is 11.8. The van der Waals surface area contributed by atoms with Gasteiger partial charge in [0, 0.05) is 6.61 Å². The van der Waals surface area contributed by atoms with Crippen LogP contribution in [0.5, 0.6) is 0 Å². The molecule has 0 saturated carbocycles. The molecule has 3 heteroatoms. The average Bonchev–Trinajstić information content (AvgIpc) is 2.31. The number of benzene rings is 1. The Kier molecular flexibility index (Phi) is 5.10. The Morgan fingerprint density at radius 1 is 1.12 bits per heavy atom. The predicted molar refractivity (Wildman–Crippen MR) is 70.3 cm³/mol. The number of rotatable bonds is 5. The first-order chi connectivity index (χ1) is 7.56. The summed E-state index contributed by atoms with van der Waals surface area (Å²) in [5.41, 5.74) is 1.10. The number of aliphatic hydroxyl groups is 1. The van der Waals surface area contributed by atoms with Crippen molar-refractivity contribution >= 4 is 23.2 Å². The molecule has 1 aromatic carbocycles. The molecule has 0 bridgehead atoms. The molecule has 1 N–H and O–H groups in total. The topological polar surface area (TPSA) is 20.2 Å². The van der Waals surface area contributed by atoms with E-state index in [9.17, 15) is 5.11 Å². The van der Waals surface area contributed by atoms with E-state index in [1.807, 2.05) is 18.2 Å². The van der Waals surface area contributed by atoms with Crippen LogP contribution in [0.4, 0.5) is 0 Å². The van der Waals surface area contributed by atoms with E-state index in [0.717, 1.165) is 24.8 Å². The van der Waals surface area contributed by atoms with Crippen molar-refractivity contribution in [3.05, 3.63) is 33.8 Å². The molecule has 0 amide bonds. The van der Waals surface area contributed by atoms with Gasteiger partial charge in [-0.2, -0.15) is 0 Å². The average molecular weight is 261 g/mol. The van der Waals surface area contributed by atoms with Crippen LogP contribution in [0.3, 0.4) is 0 Å². The third-order valence-electron chi connectivity index (χ3n) is 3.40. The highest BCUT2D eigenvalue weighted by atomic mass is 35.5. The maximum absolute atomic E-state index is 9.50. The second kappa shape index (κ2) is 5.90. The van der Waals surface area contributed by atoms with Gasteiger partial charge in [0.05, 0.1) is 10.0 Å². The Morgan fingerprint density at radius 2 is 1.75 bits per heavy atom. The van der Waals surface area contributed by atoms with Crippen LogP contribution in [0.1, 0.15) is 32.3 Å². The van der Waals surface area contributed by atoms with Crippen molar-refractivity contribution in [1.29, 1.82) is 0 Å². The third kappa shape index (κ3) is 3.13. The van der Waals surface area contributed by atoms with Crippen LogP contribution in [0.2, 0.25) is 10.0 Å². The van der Waals surface area contributed by atoms with E-state index >= 15 is 0 Å². The summed E-state index contributed by atoms with van der Waals surface area (Å²) in [6, 6.07) is 5.68. The molecule has 0 aromatic heterocycles. The van der Waals surface area contributed by atoms with Crippen molar-refractivity contribution in [3.8, 4) is 0 Å². The fourth-order valence-corrected chi connectivity index (χ4v) is 2.18. The van der Waals surface area contributed by atoms with Crippen LogP contribution in [0, 0.1) is 5.41 Å². The number of aliphatic hydroxyl groups excluding tert-OH is 1. The minimum absolute atomic E-state index is 0.0306. The quantitative estimate of drug-likeness (QED) is 0.836. The van der Waals surface area contributed by atoms with Crippen molar-refractivity contribution in [2.24, 2.45) is 5.41 Å². The lowest BCUT2D eigenvalue weighted by molar-refractivity contribution is 0.115. The zero-order valence-corrected chi connectivity index (χ0v) is 11.3. The van der Waals surface area contributed by atoms with Gasteiger partial charge in [-0.1, -0.05) is 43.1 Å². The fourth-order valence-electron chi connectivity index (χ4n) is 1.86. The molecule has 0 saturated heterocycles. The highest BCUT2D eigenvalue weighted by molar-refractivity contribution is 6.42. The maximum Gasteiger partial charge on any atom is 0.0595 e. The summed E-state index contributed by atoms with van der Waals surface area (Å²) in [5, 5.41) is 10.7. The molecule has 0 fully saturated rings. The Hall–Kier alpha value is -0.240. The van der Waals surface area contributed by atoms with Crippen LogP contribution >= 0.6 is 23.2 Å². The largest absolute Gasteiger partial charge is 0.396 e. The molecule has 16 heavy (non-hydrogen) atoms. The van der Waals surface area contributed by atoms with Gasteiger partial charge in [-0.15, -0.1) is 0 Å². The van der Waals surface area contributed by atoms with Crippen LogP contribution in [-0.2, 0) is 6.42 Å². The molecule has 0 aliphatic rings. The molecule has 90 valence electrons. The molecule has 1 aromatic rings. The molecule has 1 rings (SSSR count). The summed E-state index contributed by atoms with van der Waals surface area (Å²) in [6.07, 6.45) is 2.76. The monoisotopic (exact) mass is 260 g/mol. The second-order valence-corrected chi connectivity index (χ2v) is 5.10. The minimum atomic E-state index is -0.0306. The van der Waals surface area contributed by atoms with Crippen molar-refractivity contribution < 1.29 is 5.11 Å². The molecule has 0 heterocycles. The normalized spacial score (nSPS) is 11.8. The van der Waals surface area contributed by atoms with E-state index < -0.39 is 0 Å². The van der Waals surface area contributed by atoms with Gasteiger partial charge in [0.2, 0.25) is 0 Å². The van der Waals surface area contributed by atoms with Crippen molar-refractivity contribution in [2.45, 2.75) is 33.1 Å². The van der Waals surface area contributed by atoms with E-state index in [4.69, 9.17) is 23.2 Å². The highest BCUT2D eigenvalue weighted by Crippen LogP contribution is 2.32. The summed E-state index contributed by atoms with van der Waals surface area (Å²) in [5.74, 6) is 0. The first-order valence-corrected chi connectivity index (χ1v) is 6.37. The Balaban J connectivity index is 2.89. The molecular formula is C13H18Cl2O. The molecule has 0 spiro atoms. The highest BCUT2D eigenvalue weighted by Gasteiger charge is 2.25. The Bertz CT molecular complexity index is 338. The SMILES string of the molecule is CCC(CC)(CO)Cc1ccc(Cl)c(Cl)c1. The van der Waals surface area contributed by atoms with Crippen molar-refractivity contribution in [3.63, 3.8) is 0 Å². The molecular weight excluding hydrogens is 243 g/mol. The summed E-state index contributed by atoms with van der Waals surface area (Å²) in [6.45, 7) is 4.43. The summed E-state index contributed by atoms with van der Waals surface area (Å²) in [4.78, 5) is 0. The van der Waals surface area contributed by atoms with Crippen molar-refractivity contribution in [2.75, 3.05) is 6.61 Å². The zero-order chi connectivity index (χ0) is 12.2. The van der Waals surface area contributed by atoms with E-state index in [2.05, 4.69) is 13.8 Å². The summed E-state index contributed by atoms with van der Waals surface area (Å²) < 4.78 is 0. The van der Waals surface area contributed by atoms with Gasteiger partial charge >= 0.3 is 0 Å². The number of hydrogen-bond acceptors (Lipinski definition) is 1. The van der Waals surface area contributed by atoms with Gasteiger partial charge in [0.25, 0.3) is 0 Å². The number of halogens is 2. The van der Waals surface area contributed by atoms with E-state index in [-0.39, 0.29) is 12.0 Å². The molecule has 0 unspecified atom stereocenters. The Morgan fingerprint density at radius 3 is 2.19 bits per heavy atom. The van der Waals surface area contributed by atoms with Crippen LogP contribution in [0.25, 0.3) is 0 Å². The van der Waals surface area contributed by atoms with Gasteiger partial charge in [-0.05, 0) is 42.4 Å². The third-order valence-corrected chi connectivity index (χ3v) is 4.14. The smallest absolute Gasteiger partial charge is 0.0595 e. The molecule has 1 nitrogen and oxygen atoms in total. The summed E-state index contributed by atoms with van der Waals surface area (Å²) in [7, 11) is 0. The lowest BCUT2D eigenvalue weighted by atomic mass is 9.78. The lowest BCUT2D eigenvalue weighted by Gasteiger charge is -2.29. The standard InChI is InChI=1S/C13H18Cl2O/c1-3-13(4-2,9-16)8-10-5-6-11(14)12(15)7-10/h5-7,16H,3-4,8-9H2,1-2H3. The first-order valence-electron chi connectivity index (χ1n) is 5.61. The van der Waals surface area contributed by atoms with Gasteiger partial charge < -0.3 is 5.11 Å². The van der Waals surface area contributed by atoms with Crippen LogP contribution in [-0.4, -0.2) is 11.7 Å². The predicted octanol–water partition coefficient (Wildman–Crippen LogP) is 4.33. The van der Waals surface area contributed by atoms with Gasteiger partial charge in [0.15, 0.2) is 0 Å². The molecule has 0 aliphatic carbocycles. The van der Waals surface area contributed by atoms with Gasteiger partial charge in [0.1, 0.15) is 0 Å². The van der Waals surface area contributed by atoms with Gasteiger partial charge in [-0.25, -0.2) is 0 Å². The second-order valence-electron chi connectivity index (χ2n) is 4.29. The Labute approximate surface area is 107 Å². The zero-order valence-electron chi connectivity index (χ0n) is 9.76.